The van der Waals surface area contributed by atoms with Crippen molar-refractivity contribution >= 4 is 17.6 Å². The highest BCUT2D eigenvalue weighted by Gasteiger charge is 2.36. The van der Waals surface area contributed by atoms with E-state index in [1.54, 1.807) is 12.3 Å². The molecule has 2 aliphatic heterocycles. The van der Waals surface area contributed by atoms with Gasteiger partial charge < -0.3 is 15.5 Å². The number of carbonyl (C=O) groups excluding carboxylic acids is 2. The molecule has 6 nitrogen and oxygen atoms in total. The second-order valence-electron chi connectivity index (χ2n) is 6.97. The van der Waals surface area contributed by atoms with Crippen molar-refractivity contribution in [1.82, 2.24) is 15.2 Å². The van der Waals surface area contributed by atoms with Crippen molar-refractivity contribution in [2.45, 2.75) is 63.5 Å². The molecule has 3 heterocycles. The molecule has 2 atom stereocenters. The van der Waals surface area contributed by atoms with Gasteiger partial charge in [-0.1, -0.05) is 18.9 Å². The molecule has 2 aliphatic rings. The summed E-state index contributed by atoms with van der Waals surface area (Å²) >= 11 is 0. The van der Waals surface area contributed by atoms with Crippen LogP contribution >= 0.6 is 0 Å². The molecule has 0 radical (unpaired) electrons. The molecule has 2 amide bonds. The molecular formula is C19H28N4O2. The van der Waals surface area contributed by atoms with Crippen LogP contribution in [0.5, 0.6) is 0 Å². The standard InChI is InChI=1S/C19H28N4O2/c24-18(22-17-8-3-5-13-21-17)9-6-10-19(25)23-14-11-15-16(23)7-2-1-4-12-20-15/h3,5,8,13,15-16,20H,1-2,4,6-7,9-12,14H2,(H,21,22,24)/t15-,16-/m1/s1. The Morgan fingerprint density at radius 2 is 2.12 bits per heavy atom. The molecular weight excluding hydrogens is 316 g/mol. The van der Waals surface area contributed by atoms with E-state index >= 15 is 0 Å². The Bertz CT molecular complexity index is 578. The maximum absolute atomic E-state index is 12.6. The first-order valence-electron chi connectivity index (χ1n) is 9.48. The molecule has 1 aromatic rings. The van der Waals surface area contributed by atoms with Crippen LogP contribution in [0, 0.1) is 0 Å². The lowest BCUT2D eigenvalue weighted by atomic mass is 9.99. The lowest BCUT2D eigenvalue weighted by molar-refractivity contribution is -0.132. The number of hydrogen-bond donors (Lipinski definition) is 2. The van der Waals surface area contributed by atoms with E-state index in [1.165, 1.54) is 19.3 Å². The van der Waals surface area contributed by atoms with Gasteiger partial charge >= 0.3 is 0 Å². The Hall–Kier alpha value is -1.95. The van der Waals surface area contributed by atoms with Crippen LogP contribution in [0.3, 0.4) is 0 Å². The molecule has 0 unspecified atom stereocenters. The Morgan fingerprint density at radius 3 is 2.96 bits per heavy atom. The molecule has 0 aliphatic carbocycles. The van der Waals surface area contributed by atoms with Gasteiger partial charge in [-0.3, -0.25) is 9.59 Å². The smallest absolute Gasteiger partial charge is 0.225 e. The number of nitrogens with one attached hydrogen (secondary N) is 2. The summed E-state index contributed by atoms with van der Waals surface area (Å²) in [5.41, 5.74) is 0. The molecule has 0 bridgehead atoms. The number of fused-ring (bicyclic) bond motifs is 1. The first kappa shape index (κ1) is 17.9. The summed E-state index contributed by atoms with van der Waals surface area (Å²) < 4.78 is 0. The minimum absolute atomic E-state index is 0.0848. The van der Waals surface area contributed by atoms with Crippen LogP contribution in [0.2, 0.25) is 0 Å². The molecule has 136 valence electrons. The number of amides is 2. The van der Waals surface area contributed by atoms with Gasteiger partial charge in [0.15, 0.2) is 0 Å². The van der Waals surface area contributed by atoms with Crippen LogP contribution in [-0.4, -0.2) is 46.9 Å². The van der Waals surface area contributed by atoms with Gasteiger partial charge in [-0.05, 0) is 44.4 Å². The first-order valence-corrected chi connectivity index (χ1v) is 9.48. The fourth-order valence-corrected chi connectivity index (χ4v) is 3.89. The largest absolute Gasteiger partial charge is 0.338 e. The van der Waals surface area contributed by atoms with Gasteiger partial charge in [-0.15, -0.1) is 0 Å². The van der Waals surface area contributed by atoms with Crippen LogP contribution in [0.1, 0.15) is 51.4 Å². The van der Waals surface area contributed by atoms with E-state index in [1.807, 2.05) is 12.1 Å². The number of anilines is 1. The zero-order valence-electron chi connectivity index (χ0n) is 14.7. The Morgan fingerprint density at radius 1 is 1.20 bits per heavy atom. The number of hydrogen-bond acceptors (Lipinski definition) is 4. The van der Waals surface area contributed by atoms with Crippen LogP contribution in [0.15, 0.2) is 24.4 Å². The minimum Gasteiger partial charge on any atom is -0.338 e. The van der Waals surface area contributed by atoms with Crippen molar-refractivity contribution < 1.29 is 9.59 Å². The normalized spacial score (nSPS) is 23.4. The molecule has 0 spiro atoms. The lowest BCUT2D eigenvalue weighted by Crippen LogP contribution is -2.45. The monoisotopic (exact) mass is 344 g/mol. The summed E-state index contributed by atoms with van der Waals surface area (Å²) in [6.45, 7) is 1.91. The minimum atomic E-state index is -0.0848. The Labute approximate surface area is 149 Å². The number of rotatable bonds is 5. The zero-order valence-corrected chi connectivity index (χ0v) is 14.7. The fraction of sp³-hybridized carbons (Fsp3) is 0.632. The number of aromatic nitrogens is 1. The molecule has 0 aromatic carbocycles. The molecule has 0 saturated carbocycles. The predicted octanol–water partition coefficient (Wildman–Crippen LogP) is 2.32. The van der Waals surface area contributed by atoms with Crippen molar-refractivity contribution in [2.75, 3.05) is 18.4 Å². The van der Waals surface area contributed by atoms with Gasteiger partial charge in [0.05, 0.1) is 0 Å². The van der Waals surface area contributed by atoms with Crippen LogP contribution in [0.25, 0.3) is 0 Å². The van der Waals surface area contributed by atoms with E-state index in [4.69, 9.17) is 0 Å². The molecule has 25 heavy (non-hydrogen) atoms. The summed E-state index contributed by atoms with van der Waals surface area (Å²) in [5, 5.41) is 6.37. The van der Waals surface area contributed by atoms with Crippen molar-refractivity contribution in [1.29, 1.82) is 0 Å². The van der Waals surface area contributed by atoms with Crippen molar-refractivity contribution in [3.8, 4) is 0 Å². The third-order valence-electron chi connectivity index (χ3n) is 5.18. The molecule has 2 fully saturated rings. The highest BCUT2D eigenvalue weighted by atomic mass is 16.2. The molecule has 2 saturated heterocycles. The molecule has 3 rings (SSSR count). The van der Waals surface area contributed by atoms with Crippen molar-refractivity contribution in [3.63, 3.8) is 0 Å². The van der Waals surface area contributed by atoms with Gasteiger partial charge in [0.2, 0.25) is 11.8 Å². The fourth-order valence-electron chi connectivity index (χ4n) is 3.89. The Balaban J connectivity index is 1.42. The zero-order chi connectivity index (χ0) is 17.5. The van der Waals surface area contributed by atoms with E-state index in [0.29, 0.717) is 37.2 Å². The van der Waals surface area contributed by atoms with Crippen LogP contribution in [0.4, 0.5) is 5.82 Å². The summed E-state index contributed by atoms with van der Waals surface area (Å²) in [4.78, 5) is 30.7. The van der Waals surface area contributed by atoms with E-state index in [0.717, 1.165) is 25.9 Å². The average molecular weight is 344 g/mol. The third-order valence-corrected chi connectivity index (χ3v) is 5.18. The second-order valence-corrected chi connectivity index (χ2v) is 6.97. The number of carbonyl (C=O) groups is 2. The summed E-state index contributed by atoms with van der Waals surface area (Å²) in [7, 11) is 0. The lowest BCUT2D eigenvalue weighted by Gasteiger charge is -2.30. The van der Waals surface area contributed by atoms with E-state index in [2.05, 4.69) is 20.5 Å². The Kier molecular flexibility index (Phi) is 6.39. The summed E-state index contributed by atoms with van der Waals surface area (Å²) in [5.74, 6) is 0.667. The van der Waals surface area contributed by atoms with Gasteiger partial charge in [-0.2, -0.15) is 0 Å². The van der Waals surface area contributed by atoms with Gasteiger partial charge in [0.1, 0.15) is 5.82 Å². The van der Waals surface area contributed by atoms with E-state index < -0.39 is 0 Å². The molecule has 1 aromatic heterocycles. The quantitative estimate of drug-likeness (QED) is 0.860. The predicted molar refractivity (Wildman–Crippen MR) is 97.1 cm³/mol. The highest BCUT2D eigenvalue weighted by Crippen LogP contribution is 2.25. The maximum Gasteiger partial charge on any atom is 0.225 e. The summed E-state index contributed by atoms with van der Waals surface area (Å²) in [6.07, 6.45) is 8.86. The molecule has 2 N–H and O–H groups in total. The highest BCUT2D eigenvalue weighted by molar-refractivity contribution is 5.90. The molecule has 6 heteroatoms. The van der Waals surface area contributed by atoms with E-state index in [9.17, 15) is 9.59 Å². The van der Waals surface area contributed by atoms with Crippen LogP contribution in [-0.2, 0) is 9.59 Å². The van der Waals surface area contributed by atoms with E-state index in [-0.39, 0.29) is 11.8 Å². The number of pyridine rings is 1. The maximum atomic E-state index is 12.6. The SMILES string of the molecule is O=C(CCCC(=O)N1CC[C@H]2NCCCCC[C@H]21)Nc1ccccn1. The third kappa shape index (κ3) is 5.01. The number of nitrogens with zero attached hydrogens (tertiary/aromatic N) is 2. The second kappa shape index (κ2) is 8.94. The van der Waals surface area contributed by atoms with Crippen LogP contribution < -0.4 is 10.6 Å². The van der Waals surface area contributed by atoms with Gasteiger partial charge in [0, 0.05) is 37.7 Å². The summed E-state index contributed by atoms with van der Waals surface area (Å²) in [6, 6.07) is 6.20. The first-order chi connectivity index (χ1) is 12.2. The van der Waals surface area contributed by atoms with Crippen molar-refractivity contribution in [3.05, 3.63) is 24.4 Å². The van der Waals surface area contributed by atoms with Gasteiger partial charge in [0.25, 0.3) is 0 Å². The number of likely N-dealkylation sites (tertiary alicyclic amines) is 1. The topological polar surface area (TPSA) is 74.3 Å². The average Bonchev–Trinajstić information content (AvgIpc) is 2.97. The van der Waals surface area contributed by atoms with Gasteiger partial charge in [-0.25, -0.2) is 4.98 Å². The van der Waals surface area contributed by atoms with Crippen molar-refractivity contribution in [2.24, 2.45) is 0 Å².